The Labute approximate surface area is 214 Å². The minimum absolute atomic E-state index is 0.213. The first-order valence-electron chi connectivity index (χ1n) is 12.0. The minimum atomic E-state index is -1.05. The van der Waals surface area contributed by atoms with Gasteiger partial charge in [-0.15, -0.1) is 0 Å². The van der Waals surface area contributed by atoms with Gasteiger partial charge in [-0.2, -0.15) is 5.10 Å². The summed E-state index contributed by atoms with van der Waals surface area (Å²) in [6.07, 6.45) is 3.76. The fraction of sp³-hybridized carbons (Fsp3) is 0.346. The Morgan fingerprint density at radius 1 is 1.22 bits per heavy atom. The van der Waals surface area contributed by atoms with Crippen molar-refractivity contribution in [2.75, 3.05) is 17.7 Å². The highest BCUT2D eigenvalue weighted by molar-refractivity contribution is 6.12. The lowest BCUT2D eigenvalue weighted by Crippen LogP contribution is -2.70. The number of carbonyl (C=O) groups excluding carboxylic acids is 3. The number of aryl methyl sites for hydroxylation is 2. The van der Waals surface area contributed by atoms with E-state index in [2.05, 4.69) is 15.4 Å². The summed E-state index contributed by atoms with van der Waals surface area (Å²) in [6.45, 7) is 3.67. The third-order valence-corrected chi connectivity index (χ3v) is 6.78. The Morgan fingerprint density at radius 2 is 1.97 bits per heavy atom. The molecule has 1 unspecified atom stereocenters. The number of imide groups is 1. The van der Waals surface area contributed by atoms with Crippen LogP contribution in [-0.2, 0) is 23.1 Å². The highest BCUT2D eigenvalue weighted by atomic mass is 19.1. The van der Waals surface area contributed by atoms with Gasteiger partial charge in [0, 0.05) is 26.4 Å². The molecule has 0 radical (unpaired) electrons. The number of nitrogen functional groups attached to an aromatic ring is 1. The number of hydrogen-bond acceptors (Lipinski definition) is 6. The van der Waals surface area contributed by atoms with Crippen molar-refractivity contribution in [3.05, 3.63) is 71.3 Å². The molecule has 0 spiro atoms. The van der Waals surface area contributed by atoms with Crippen molar-refractivity contribution in [2.24, 2.45) is 13.0 Å². The number of carbonyl (C=O) groups is 3. The fourth-order valence-electron chi connectivity index (χ4n) is 4.74. The molecule has 4 rings (SSSR count). The van der Waals surface area contributed by atoms with Gasteiger partial charge < -0.3 is 11.1 Å². The standard InChI is InChI=1S/C26H30FN7O3/c1-5-20(18-14-17(27)7-6-15(18)2)31-26(37)34-23(25(36)32(3)22-9-11-30-33(22)4)19(24(34)35)12-16-8-10-29-21(28)13-16/h6-11,13-14,19-20,23H,5,12H2,1-4H3,(H2,28,29)(H,31,37)/t19?,20-,23+/m1/s1. The van der Waals surface area contributed by atoms with Crippen molar-refractivity contribution in [1.82, 2.24) is 25.0 Å². The van der Waals surface area contributed by atoms with E-state index in [0.29, 0.717) is 23.6 Å². The molecule has 3 N–H and O–H groups in total. The van der Waals surface area contributed by atoms with Crippen LogP contribution in [0.15, 0.2) is 48.8 Å². The van der Waals surface area contributed by atoms with Crippen molar-refractivity contribution in [2.45, 2.75) is 38.8 Å². The zero-order valence-corrected chi connectivity index (χ0v) is 21.2. The summed E-state index contributed by atoms with van der Waals surface area (Å²) in [7, 11) is 3.27. The van der Waals surface area contributed by atoms with E-state index in [-0.39, 0.29) is 6.42 Å². The average molecular weight is 508 g/mol. The third kappa shape index (κ3) is 5.02. The molecule has 0 saturated carbocycles. The van der Waals surface area contributed by atoms with Crippen molar-refractivity contribution in [3.8, 4) is 0 Å². The Morgan fingerprint density at radius 3 is 2.62 bits per heavy atom. The molecule has 1 aliphatic rings. The van der Waals surface area contributed by atoms with Crippen LogP contribution in [0.25, 0.3) is 0 Å². The summed E-state index contributed by atoms with van der Waals surface area (Å²) >= 11 is 0. The van der Waals surface area contributed by atoms with Gasteiger partial charge in [0.1, 0.15) is 23.5 Å². The molecule has 4 amide bonds. The molecular formula is C26H30FN7O3. The number of nitrogens with zero attached hydrogens (tertiary/aromatic N) is 5. The molecule has 194 valence electrons. The summed E-state index contributed by atoms with van der Waals surface area (Å²) in [6, 6.07) is 7.10. The van der Waals surface area contributed by atoms with Crippen molar-refractivity contribution < 1.29 is 18.8 Å². The normalized spacial score (nSPS) is 17.8. The third-order valence-electron chi connectivity index (χ3n) is 6.78. The van der Waals surface area contributed by atoms with Gasteiger partial charge in [-0.25, -0.2) is 14.2 Å². The predicted octanol–water partition coefficient (Wildman–Crippen LogP) is 2.74. The molecule has 37 heavy (non-hydrogen) atoms. The van der Waals surface area contributed by atoms with Crippen LogP contribution >= 0.6 is 0 Å². The molecule has 3 heterocycles. The van der Waals surface area contributed by atoms with Gasteiger partial charge in [-0.05, 0) is 60.7 Å². The van der Waals surface area contributed by atoms with E-state index in [4.69, 9.17) is 5.73 Å². The number of likely N-dealkylation sites (N-methyl/N-ethyl adjacent to an activating group) is 1. The number of hydrogen-bond donors (Lipinski definition) is 2. The fourth-order valence-corrected chi connectivity index (χ4v) is 4.74. The number of pyridine rings is 1. The molecular weight excluding hydrogens is 477 g/mol. The number of likely N-dealkylation sites (tertiary alicyclic amines) is 1. The molecule has 1 aromatic carbocycles. The second kappa shape index (κ2) is 10.4. The minimum Gasteiger partial charge on any atom is -0.384 e. The Hall–Kier alpha value is -4.28. The highest BCUT2D eigenvalue weighted by Gasteiger charge is 2.55. The van der Waals surface area contributed by atoms with Crippen LogP contribution in [0.1, 0.15) is 36.1 Å². The second-order valence-corrected chi connectivity index (χ2v) is 9.17. The van der Waals surface area contributed by atoms with E-state index in [9.17, 15) is 18.8 Å². The number of amides is 4. The molecule has 1 saturated heterocycles. The molecule has 0 bridgehead atoms. The summed E-state index contributed by atoms with van der Waals surface area (Å²) < 4.78 is 15.5. The lowest BCUT2D eigenvalue weighted by molar-refractivity contribution is -0.156. The molecule has 3 aromatic rings. The lowest BCUT2D eigenvalue weighted by Gasteiger charge is -2.46. The first-order chi connectivity index (χ1) is 17.6. The number of β-lactam (4-membered cyclic amide) rings is 1. The molecule has 10 nitrogen and oxygen atoms in total. The SMILES string of the molecule is CC[C@@H](NC(=O)N1C(=O)C(Cc2ccnc(N)c2)[C@H]1C(=O)N(C)c1ccnn1C)c1cc(F)ccc1C. The largest absolute Gasteiger partial charge is 0.384 e. The summed E-state index contributed by atoms with van der Waals surface area (Å²) in [5.41, 5.74) is 7.94. The Balaban J connectivity index is 1.62. The van der Waals surface area contributed by atoms with Crippen LogP contribution < -0.4 is 16.0 Å². The van der Waals surface area contributed by atoms with Gasteiger partial charge in [0.2, 0.25) is 5.91 Å². The number of anilines is 2. The van der Waals surface area contributed by atoms with Crippen LogP contribution in [0.5, 0.6) is 0 Å². The van der Waals surface area contributed by atoms with Crippen molar-refractivity contribution in [1.29, 1.82) is 0 Å². The summed E-state index contributed by atoms with van der Waals surface area (Å²) in [5, 5.41) is 6.93. The number of aromatic nitrogens is 3. The van der Waals surface area contributed by atoms with Crippen LogP contribution in [0, 0.1) is 18.7 Å². The van der Waals surface area contributed by atoms with E-state index < -0.39 is 41.7 Å². The maximum atomic E-state index is 13.9. The monoisotopic (exact) mass is 507 g/mol. The van der Waals surface area contributed by atoms with Gasteiger partial charge in [-0.1, -0.05) is 13.0 Å². The van der Waals surface area contributed by atoms with E-state index in [0.717, 1.165) is 16.0 Å². The first kappa shape index (κ1) is 25.8. The lowest BCUT2D eigenvalue weighted by atomic mass is 9.81. The van der Waals surface area contributed by atoms with Crippen LogP contribution in [0.2, 0.25) is 0 Å². The average Bonchev–Trinajstić information content (AvgIpc) is 3.30. The van der Waals surface area contributed by atoms with Gasteiger partial charge in [0.15, 0.2) is 0 Å². The van der Waals surface area contributed by atoms with Crippen molar-refractivity contribution in [3.63, 3.8) is 0 Å². The number of rotatable bonds is 7. The smallest absolute Gasteiger partial charge is 0.325 e. The van der Waals surface area contributed by atoms with Gasteiger partial charge in [0.05, 0.1) is 18.2 Å². The Kier molecular flexibility index (Phi) is 7.23. The van der Waals surface area contributed by atoms with E-state index in [1.165, 1.54) is 27.9 Å². The molecule has 3 atom stereocenters. The number of nitrogens with one attached hydrogen (secondary N) is 1. The molecule has 1 fully saturated rings. The van der Waals surface area contributed by atoms with Gasteiger partial charge in [-0.3, -0.25) is 24.1 Å². The van der Waals surface area contributed by atoms with Gasteiger partial charge >= 0.3 is 6.03 Å². The van der Waals surface area contributed by atoms with E-state index in [1.54, 1.807) is 44.6 Å². The highest BCUT2D eigenvalue weighted by Crippen LogP contribution is 2.33. The van der Waals surface area contributed by atoms with Crippen LogP contribution in [0.4, 0.5) is 20.8 Å². The van der Waals surface area contributed by atoms with Crippen LogP contribution in [-0.4, -0.2) is 50.6 Å². The molecule has 2 aromatic heterocycles. The van der Waals surface area contributed by atoms with E-state index >= 15 is 0 Å². The van der Waals surface area contributed by atoms with Crippen molar-refractivity contribution >= 4 is 29.5 Å². The predicted molar refractivity (Wildman–Crippen MR) is 136 cm³/mol. The molecule has 1 aliphatic heterocycles. The van der Waals surface area contributed by atoms with E-state index in [1.807, 2.05) is 13.8 Å². The number of benzene rings is 1. The summed E-state index contributed by atoms with van der Waals surface area (Å²) in [4.78, 5) is 46.6. The quantitative estimate of drug-likeness (QED) is 0.474. The molecule has 11 heteroatoms. The zero-order valence-electron chi connectivity index (χ0n) is 21.2. The van der Waals surface area contributed by atoms with Crippen LogP contribution in [0.3, 0.4) is 0 Å². The summed E-state index contributed by atoms with van der Waals surface area (Å²) in [5.74, 6) is -1.29. The second-order valence-electron chi connectivity index (χ2n) is 9.17. The maximum Gasteiger partial charge on any atom is 0.325 e. The first-order valence-corrected chi connectivity index (χ1v) is 12.0. The molecule has 0 aliphatic carbocycles. The zero-order chi connectivity index (χ0) is 26.9. The maximum absolute atomic E-state index is 13.9. The van der Waals surface area contributed by atoms with Gasteiger partial charge in [0.25, 0.3) is 5.91 Å². The Bertz CT molecular complexity index is 1340. The number of nitrogens with two attached hydrogens (primary N) is 1. The number of urea groups is 1. The topological polar surface area (TPSA) is 126 Å². The number of halogens is 1.